The van der Waals surface area contributed by atoms with Crippen molar-refractivity contribution in [1.29, 1.82) is 0 Å². The molecule has 0 aliphatic carbocycles. The molecule has 3 aromatic heterocycles. The van der Waals surface area contributed by atoms with E-state index in [-0.39, 0.29) is 47.1 Å². The highest BCUT2D eigenvalue weighted by Gasteiger charge is 2.28. The smallest absolute Gasteiger partial charge is 0.353 e. The van der Waals surface area contributed by atoms with Crippen molar-refractivity contribution in [1.82, 2.24) is 9.55 Å². The maximum absolute atomic E-state index is 15.2. The molecule has 0 spiro atoms. The number of carbonyl (C=O) groups is 2. The monoisotopic (exact) mass is 484 g/mol. The summed E-state index contributed by atoms with van der Waals surface area (Å²) in [5, 5.41) is 14.1. The fraction of sp³-hybridized carbons (Fsp3) is 0.0769. The van der Waals surface area contributed by atoms with Crippen LogP contribution < -0.4 is 10.9 Å². The van der Waals surface area contributed by atoms with Crippen molar-refractivity contribution in [2.24, 2.45) is 4.99 Å². The van der Waals surface area contributed by atoms with Gasteiger partial charge in [-0.25, -0.2) is 9.18 Å². The molecule has 4 heterocycles. The first-order valence-electron chi connectivity index (χ1n) is 11.0. The van der Waals surface area contributed by atoms with E-state index in [1.807, 2.05) is 0 Å². The molecular weight excluding hydrogens is 467 g/mol. The Morgan fingerprint density at radius 3 is 2.86 bits per heavy atom. The molecule has 1 aliphatic heterocycles. The quantitative estimate of drug-likeness (QED) is 0.355. The van der Waals surface area contributed by atoms with Gasteiger partial charge in [-0.2, -0.15) is 0 Å². The average Bonchev–Trinajstić information content (AvgIpc) is 3.39. The molecule has 5 aromatic rings. The number of hydrogen-bond donors (Lipinski definition) is 3. The molecule has 1 amide bonds. The van der Waals surface area contributed by atoms with Gasteiger partial charge in [0.05, 0.1) is 35.0 Å². The van der Waals surface area contributed by atoms with Gasteiger partial charge in [0, 0.05) is 34.5 Å². The summed E-state index contributed by atoms with van der Waals surface area (Å²) in [7, 11) is 0. The Morgan fingerprint density at radius 1 is 1.19 bits per heavy atom. The fourth-order valence-electron chi connectivity index (χ4n) is 4.69. The maximum atomic E-state index is 15.2. The third kappa shape index (κ3) is 3.30. The molecule has 0 fully saturated rings. The summed E-state index contributed by atoms with van der Waals surface area (Å²) in [6.07, 6.45) is 4.42. The Morgan fingerprint density at radius 2 is 2.06 bits per heavy atom. The predicted octanol–water partition coefficient (Wildman–Crippen LogP) is 4.00. The van der Waals surface area contributed by atoms with E-state index >= 15 is 4.39 Å². The zero-order chi connectivity index (χ0) is 25.0. The fourth-order valence-corrected chi connectivity index (χ4v) is 4.69. The molecule has 36 heavy (non-hydrogen) atoms. The molecule has 0 radical (unpaired) electrons. The summed E-state index contributed by atoms with van der Waals surface area (Å²) < 4.78 is 22.4. The number of nitrogens with zero attached hydrogens (tertiary/aromatic N) is 2. The highest BCUT2D eigenvalue weighted by atomic mass is 19.1. The number of amides is 1. The van der Waals surface area contributed by atoms with E-state index in [1.165, 1.54) is 41.4 Å². The van der Waals surface area contributed by atoms with Gasteiger partial charge in [0.1, 0.15) is 23.6 Å². The number of H-pyrrole nitrogens is 1. The second-order valence-electron chi connectivity index (χ2n) is 8.38. The van der Waals surface area contributed by atoms with Crippen molar-refractivity contribution in [3.05, 3.63) is 87.9 Å². The first kappa shape index (κ1) is 21.5. The Kier molecular flexibility index (Phi) is 4.82. The second-order valence-corrected chi connectivity index (χ2v) is 8.38. The van der Waals surface area contributed by atoms with E-state index in [0.29, 0.717) is 22.0 Å². The molecule has 0 saturated heterocycles. The summed E-state index contributed by atoms with van der Waals surface area (Å²) >= 11 is 0. The van der Waals surface area contributed by atoms with E-state index < -0.39 is 17.3 Å². The lowest BCUT2D eigenvalue weighted by molar-refractivity contribution is -0.114. The van der Waals surface area contributed by atoms with Crippen LogP contribution in [0.1, 0.15) is 21.6 Å². The molecule has 0 saturated carbocycles. The molecule has 3 N–H and O–H groups in total. The van der Waals surface area contributed by atoms with Gasteiger partial charge in [-0.3, -0.25) is 14.6 Å². The van der Waals surface area contributed by atoms with Gasteiger partial charge in [0.2, 0.25) is 5.91 Å². The number of aromatic nitrogens is 2. The molecule has 0 bridgehead atoms. The summed E-state index contributed by atoms with van der Waals surface area (Å²) in [5.41, 5.74) is 1.54. The van der Waals surface area contributed by atoms with Crippen LogP contribution in [-0.4, -0.2) is 39.3 Å². The second kappa shape index (κ2) is 8.05. The van der Waals surface area contributed by atoms with E-state index in [1.54, 1.807) is 24.3 Å². The molecule has 0 atom stereocenters. The van der Waals surface area contributed by atoms with Gasteiger partial charge in [-0.05, 0) is 42.5 Å². The van der Waals surface area contributed by atoms with Crippen LogP contribution in [-0.2, 0) is 11.3 Å². The highest BCUT2D eigenvalue weighted by molar-refractivity contribution is 6.17. The zero-order valence-corrected chi connectivity index (χ0v) is 18.5. The molecule has 10 heteroatoms. The summed E-state index contributed by atoms with van der Waals surface area (Å²) in [6.45, 7) is -0.235. The van der Waals surface area contributed by atoms with Crippen molar-refractivity contribution in [3.63, 3.8) is 0 Å². The minimum absolute atomic E-state index is 0.0782. The number of benzodiazepines with no additional fused rings is 1. The number of carbonyl (C=O) groups excluding carboxylic acids is 1. The molecule has 178 valence electrons. The van der Waals surface area contributed by atoms with Gasteiger partial charge < -0.3 is 24.4 Å². The first-order chi connectivity index (χ1) is 17.4. The highest BCUT2D eigenvalue weighted by Crippen LogP contribution is 2.39. The molecule has 6 rings (SSSR count). The first-order valence-corrected chi connectivity index (χ1v) is 11.0. The van der Waals surface area contributed by atoms with Crippen LogP contribution in [0.2, 0.25) is 0 Å². The van der Waals surface area contributed by atoms with Crippen LogP contribution in [0.25, 0.3) is 33.0 Å². The Balaban J connectivity index is 1.65. The normalized spacial score (nSPS) is 13.1. The number of aromatic amines is 1. The van der Waals surface area contributed by atoms with Gasteiger partial charge in [-0.15, -0.1) is 0 Å². The number of rotatable bonds is 4. The lowest BCUT2D eigenvalue weighted by Gasteiger charge is -2.13. The molecule has 2 aromatic carbocycles. The van der Waals surface area contributed by atoms with Gasteiger partial charge in [0.15, 0.2) is 0 Å². The van der Waals surface area contributed by atoms with Crippen LogP contribution in [0.4, 0.5) is 10.1 Å². The number of carboxylic acid groups (broad SMARTS) is 1. The van der Waals surface area contributed by atoms with Crippen molar-refractivity contribution in [3.8, 4) is 11.1 Å². The number of aromatic carboxylic acids is 1. The van der Waals surface area contributed by atoms with Crippen molar-refractivity contribution >= 4 is 45.7 Å². The van der Waals surface area contributed by atoms with Crippen LogP contribution in [0.3, 0.4) is 0 Å². The van der Waals surface area contributed by atoms with Gasteiger partial charge >= 0.3 is 5.97 Å². The number of benzene rings is 2. The third-order valence-electron chi connectivity index (χ3n) is 6.22. The summed E-state index contributed by atoms with van der Waals surface area (Å²) in [5.74, 6) is -2.27. The lowest BCUT2D eigenvalue weighted by Crippen LogP contribution is -2.15. The van der Waals surface area contributed by atoms with Crippen LogP contribution >= 0.6 is 0 Å². The van der Waals surface area contributed by atoms with E-state index in [0.717, 1.165) is 5.39 Å². The minimum atomic E-state index is -1.28. The number of furan rings is 1. The number of halogens is 1. The van der Waals surface area contributed by atoms with E-state index in [9.17, 15) is 19.5 Å². The topological polar surface area (TPSA) is 130 Å². The number of hydrogen-bond acceptors (Lipinski definition) is 5. The largest absolute Gasteiger partial charge is 0.477 e. The van der Waals surface area contributed by atoms with Crippen molar-refractivity contribution in [2.75, 3.05) is 11.9 Å². The number of pyridine rings is 1. The Hall–Kier alpha value is -4.99. The third-order valence-corrected chi connectivity index (χ3v) is 6.22. The number of carboxylic acids is 1. The SMILES string of the molecule is O=C1CN=Cc2cc(Cn3c(C(=O)O)c(-c4ccc[nH]c4=O)c4c5occc5ccc43)c(F)cc2N1. The zero-order valence-electron chi connectivity index (χ0n) is 18.5. The maximum Gasteiger partial charge on any atom is 0.353 e. The molecular formula is C26H17FN4O5. The van der Waals surface area contributed by atoms with Gasteiger partial charge in [0.25, 0.3) is 5.56 Å². The Labute approximate surface area is 201 Å². The summed E-state index contributed by atoms with van der Waals surface area (Å²) in [4.78, 5) is 43.8. The number of nitrogens with one attached hydrogen (secondary N) is 2. The van der Waals surface area contributed by atoms with Crippen LogP contribution in [0.5, 0.6) is 0 Å². The molecule has 9 nitrogen and oxygen atoms in total. The number of aliphatic imine (C=N–C) groups is 1. The van der Waals surface area contributed by atoms with E-state index in [2.05, 4.69) is 15.3 Å². The van der Waals surface area contributed by atoms with E-state index in [4.69, 9.17) is 4.42 Å². The number of anilines is 1. The summed E-state index contributed by atoms with van der Waals surface area (Å²) in [6, 6.07) is 11.1. The standard InChI is InChI=1S/C26H17FN4O5/c27-17-9-18-14(10-28-11-20(32)30-18)8-15(17)12-31-19-4-3-13-5-7-36-24(13)22(19)21(23(31)26(34)35)16-2-1-6-29-25(16)33/h1-10H,11-12H2,(H,29,33)(H,30,32)(H,34,35). The van der Waals surface area contributed by atoms with Crippen LogP contribution in [0, 0.1) is 5.82 Å². The van der Waals surface area contributed by atoms with Gasteiger partial charge in [-0.1, -0.05) is 0 Å². The predicted molar refractivity (Wildman–Crippen MR) is 131 cm³/mol. The minimum Gasteiger partial charge on any atom is -0.477 e. The van der Waals surface area contributed by atoms with Crippen molar-refractivity contribution < 1.29 is 23.5 Å². The number of fused-ring (bicyclic) bond motifs is 4. The molecule has 1 aliphatic rings. The Bertz CT molecular complexity index is 1810. The lowest BCUT2D eigenvalue weighted by atomic mass is 10.0. The van der Waals surface area contributed by atoms with Crippen LogP contribution in [0.15, 0.2) is 69.1 Å². The average molecular weight is 484 g/mol. The van der Waals surface area contributed by atoms with Crippen molar-refractivity contribution in [2.45, 2.75) is 6.54 Å². The molecule has 0 unspecified atom stereocenters.